The average molecular weight is 298 g/mol. The molecule has 0 atom stereocenters. The molecule has 2 aromatic carbocycles. The molecule has 0 spiro atoms. The van der Waals surface area contributed by atoms with E-state index in [2.05, 4.69) is 0 Å². The molecule has 0 saturated heterocycles. The summed E-state index contributed by atoms with van der Waals surface area (Å²) >= 11 is 0. The van der Waals surface area contributed by atoms with Crippen molar-refractivity contribution >= 4 is 11.7 Å². The Morgan fingerprint density at radius 2 is 1.77 bits per heavy atom. The number of ether oxygens (including phenoxy) is 2. The summed E-state index contributed by atoms with van der Waals surface area (Å²) in [7, 11) is 0. The maximum absolute atomic E-state index is 11.3. The van der Waals surface area contributed by atoms with Crippen LogP contribution in [0.15, 0.2) is 60.7 Å². The van der Waals surface area contributed by atoms with Crippen LogP contribution >= 0.6 is 0 Å². The highest BCUT2D eigenvalue weighted by molar-refractivity contribution is 5.89. The molecule has 4 nitrogen and oxygen atoms in total. The minimum Gasteiger partial charge on any atom is -0.507 e. The number of carbonyl (C=O) groups excluding carboxylic acids is 1. The Labute approximate surface area is 129 Å². The lowest BCUT2D eigenvalue weighted by Gasteiger charge is -2.07. The summed E-state index contributed by atoms with van der Waals surface area (Å²) in [6, 6.07) is 16.7. The maximum atomic E-state index is 11.3. The first-order valence-corrected chi connectivity index (χ1v) is 7.03. The first-order chi connectivity index (χ1) is 10.7. The summed E-state index contributed by atoms with van der Waals surface area (Å²) in [6.45, 7) is 2.46. The van der Waals surface area contributed by atoms with E-state index in [1.807, 2.05) is 30.3 Å². The van der Waals surface area contributed by atoms with E-state index in [9.17, 15) is 9.90 Å². The van der Waals surface area contributed by atoms with Crippen LogP contribution in [0.2, 0.25) is 0 Å². The van der Waals surface area contributed by atoms with Gasteiger partial charge in [-0.05, 0) is 36.8 Å². The van der Waals surface area contributed by atoms with E-state index in [0.29, 0.717) is 17.9 Å². The molecule has 0 aliphatic rings. The molecule has 0 bridgehead atoms. The molecule has 2 aromatic rings. The molecule has 0 saturated carbocycles. The van der Waals surface area contributed by atoms with Crippen LogP contribution in [0.3, 0.4) is 0 Å². The third kappa shape index (κ3) is 4.66. The Morgan fingerprint density at radius 1 is 1.09 bits per heavy atom. The monoisotopic (exact) mass is 298 g/mol. The van der Waals surface area contributed by atoms with Crippen molar-refractivity contribution in [2.45, 2.75) is 13.5 Å². The van der Waals surface area contributed by atoms with Crippen LogP contribution < -0.4 is 4.74 Å². The Bertz CT molecular complexity index is 630. The van der Waals surface area contributed by atoms with Gasteiger partial charge < -0.3 is 14.6 Å². The molecular weight excluding hydrogens is 280 g/mol. The zero-order valence-corrected chi connectivity index (χ0v) is 12.4. The standard InChI is InChI=1S/C18H18O4/c1-2-21-18(20)12-17(19)15-8-10-16(11-9-15)22-13-14-6-4-3-5-7-14/h3-12,19H,2,13H2,1H3. The molecule has 0 radical (unpaired) electrons. The van der Waals surface area contributed by atoms with Gasteiger partial charge in [0, 0.05) is 5.56 Å². The van der Waals surface area contributed by atoms with Gasteiger partial charge in [0.1, 0.15) is 18.1 Å². The van der Waals surface area contributed by atoms with Gasteiger partial charge >= 0.3 is 5.97 Å². The second-order valence-electron chi connectivity index (χ2n) is 4.58. The van der Waals surface area contributed by atoms with Gasteiger partial charge in [-0.2, -0.15) is 0 Å². The smallest absolute Gasteiger partial charge is 0.334 e. The highest BCUT2D eigenvalue weighted by atomic mass is 16.5. The Morgan fingerprint density at radius 3 is 2.41 bits per heavy atom. The molecule has 2 rings (SSSR count). The second kappa shape index (κ2) is 7.88. The molecule has 0 aliphatic carbocycles. The number of aliphatic hydroxyl groups excluding tert-OH is 1. The summed E-state index contributed by atoms with van der Waals surface area (Å²) < 4.78 is 10.4. The number of hydrogen-bond donors (Lipinski definition) is 1. The molecule has 0 fully saturated rings. The van der Waals surface area contributed by atoms with Crippen LogP contribution in [-0.4, -0.2) is 17.7 Å². The molecule has 4 heteroatoms. The van der Waals surface area contributed by atoms with E-state index in [4.69, 9.17) is 9.47 Å². The van der Waals surface area contributed by atoms with Crippen molar-refractivity contribution in [2.24, 2.45) is 0 Å². The molecule has 114 valence electrons. The first-order valence-electron chi connectivity index (χ1n) is 7.03. The van der Waals surface area contributed by atoms with Gasteiger partial charge in [0.25, 0.3) is 0 Å². The fraction of sp³-hybridized carbons (Fsp3) is 0.167. The van der Waals surface area contributed by atoms with E-state index in [1.165, 1.54) is 0 Å². The average Bonchev–Trinajstić information content (AvgIpc) is 2.54. The van der Waals surface area contributed by atoms with Gasteiger partial charge in [0.2, 0.25) is 0 Å². The molecule has 0 amide bonds. The first kappa shape index (κ1) is 15.6. The number of benzene rings is 2. The van der Waals surface area contributed by atoms with Gasteiger partial charge in [-0.3, -0.25) is 0 Å². The lowest BCUT2D eigenvalue weighted by molar-refractivity contribution is -0.137. The molecule has 1 N–H and O–H groups in total. The van der Waals surface area contributed by atoms with Crippen molar-refractivity contribution in [3.05, 3.63) is 71.8 Å². The van der Waals surface area contributed by atoms with Crippen LogP contribution in [0.25, 0.3) is 5.76 Å². The summed E-state index contributed by atoms with van der Waals surface area (Å²) in [6.07, 6.45) is 1.06. The highest BCUT2D eigenvalue weighted by Crippen LogP contribution is 2.18. The number of carbonyl (C=O) groups is 1. The van der Waals surface area contributed by atoms with Crippen molar-refractivity contribution in [3.8, 4) is 5.75 Å². The largest absolute Gasteiger partial charge is 0.507 e. The zero-order chi connectivity index (χ0) is 15.8. The predicted octanol–water partition coefficient (Wildman–Crippen LogP) is 3.73. The molecule has 0 heterocycles. The van der Waals surface area contributed by atoms with Crippen LogP contribution in [0.4, 0.5) is 0 Å². The van der Waals surface area contributed by atoms with Gasteiger partial charge in [0.05, 0.1) is 12.7 Å². The quantitative estimate of drug-likeness (QED) is 0.501. The molecule has 22 heavy (non-hydrogen) atoms. The maximum Gasteiger partial charge on any atom is 0.334 e. The summed E-state index contributed by atoms with van der Waals surface area (Å²) in [5, 5.41) is 9.84. The van der Waals surface area contributed by atoms with Crippen LogP contribution in [0, 0.1) is 0 Å². The Hall–Kier alpha value is -2.75. The summed E-state index contributed by atoms with van der Waals surface area (Å²) in [5.74, 6) is -0.00555. The third-order valence-corrected chi connectivity index (χ3v) is 2.94. The minimum absolute atomic E-state index is 0.131. The van der Waals surface area contributed by atoms with E-state index in [-0.39, 0.29) is 12.4 Å². The van der Waals surface area contributed by atoms with E-state index in [0.717, 1.165) is 11.6 Å². The third-order valence-electron chi connectivity index (χ3n) is 2.94. The number of aliphatic hydroxyl groups is 1. The predicted molar refractivity (Wildman–Crippen MR) is 84.5 cm³/mol. The van der Waals surface area contributed by atoms with Gasteiger partial charge in [-0.25, -0.2) is 4.79 Å². The fourth-order valence-electron chi connectivity index (χ4n) is 1.84. The van der Waals surface area contributed by atoms with Gasteiger partial charge in [-0.1, -0.05) is 30.3 Å². The number of hydrogen-bond acceptors (Lipinski definition) is 4. The van der Waals surface area contributed by atoms with E-state index >= 15 is 0 Å². The number of rotatable bonds is 6. The normalized spacial score (nSPS) is 11.0. The van der Waals surface area contributed by atoms with Crippen LogP contribution in [-0.2, 0) is 16.1 Å². The fourth-order valence-corrected chi connectivity index (χ4v) is 1.84. The van der Waals surface area contributed by atoms with E-state index < -0.39 is 5.97 Å². The lowest BCUT2D eigenvalue weighted by atomic mass is 10.1. The Balaban J connectivity index is 1.96. The van der Waals surface area contributed by atoms with Gasteiger partial charge in [0.15, 0.2) is 0 Å². The summed E-state index contributed by atoms with van der Waals surface area (Å²) in [5.41, 5.74) is 1.61. The van der Waals surface area contributed by atoms with Gasteiger partial charge in [-0.15, -0.1) is 0 Å². The molecule has 0 aliphatic heterocycles. The molecule has 0 aromatic heterocycles. The highest BCUT2D eigenvalue weighted by Gasteiger charge is 2.04. The van der Waals surface area contributed by atoms with Crippen molar-refractivity contribution in [1.29, 1.82) is 0 Å². The number of esters is 1. The lowest BCUT2D eigenvalue weighted by Crippen LogP contribution is -2.01. The molecular formula is C18H18O4. The minimum atomic E-state index is -0.565. The second-order valence-corrected chi connectivity index (χ2v) is 4.58. The molecule has 0 unspecified atom stereocenters. The van der Waals surface area contributed by atoms with Crippen molar-refractivity contribution in [3.63, 3.8) is 0 Å². The Kier molecular flexibility index (Phi) is 5.60. The van der Waals surface area contributed by atoms with E-state index in [1.54, 1.807) is 31.2 Å². The van der Waals surface area contributed by atoms with Crippen molar-refractivity contribution < 1.29 is 19.4 Å². The summed E-state index contributed by atoms with van der Waals surface area (Å²) in [4.78, 5) is 11.3. The zero-order valence-electron chi connectivity index (χ0n) is 12.4. The van der Waals surface area contributed by atoms with Crippen molar-refractivity contribution in [1.82, 2.24) is 0 Å². The van der Waals surface area contributed by atoms with Crippen molar-refractivity contribution in [2.75, 3.05) is 6.61 Å². The topological polar surface area (TPSA) is 55.8 Å². The van der Waals surface area contributed by atoms with Crippen LogP contribution in [0.5, 0.6) is 5.75 Å². The SMILES string of the molecule is CCOC(=O)C=C(O)c1ccc(OCc2ccccc2)cc1. The van der Waals surface area contributed by atoms with Crippen LogP contribution in [0.1, 0.15) is 18.1 Å².